The van der Waals surface area contributed by atoms with Crippen LogP contribution < -0.4 is 5.73 Å². The van der Waals surface area contributed by atoms with Gasteiger partial charge in [-0.1, -0.05) is 0 Å². The molecule has 1 aliphatic carbocycles. The zero-order chi connectivity index (χ0) is 10.5. The van der Waals surface area contributed by atoms with Crippen molar-refractivity contribution in [1.82, 2.24) is 9.80 Å². The van der Waals surface area contributed by atoms with Gasteiger partial charge in [-0.3, -0.25) is 4.79 Å². The van der Waals surface area contributed by atoms with E-state index in [4.69, 9.17) is 5.73 Å². The lowest BCUT2D eigenvalue weighted by molar-refractivity contribution is -0.131. The Morgan fingerprint density at radius 1 is 1.43 bits per heavy atom. The summed E-state index contributed by atoms with van der Waals surface area (Å²) < 4.78 is 0. The van der Waals surface area contributed by atoms with Gasteiger partial charge in [0.15, 0.2) is 0 Å². The average molecular weight is 197 g/mol. The molecular weight excluding hydrogens is 178 g/mol. The number of hydrogen-bond donors (Lipinski definition) is 1. The predicted molar refractivity (Wildman–Crippen MR) is 54.7 cm³/mol. The lowest BCUT2D eigenvalue weighted by Crippen LogP contribution is -2.43. The first-order chi connectivity index (χ1) is 6.52. The Morgan fingerprint density at radius 3 is 2.29 bits per heavy atom. The molecule has 0 aromatic carbocycles. The Kier molecular flexibility index (Phi) is 2.27. The molecule has 2 rings (SSSR count). The Bertz CT molecular complexity index is 240. The number of fused-ring (bicyclic) bond motifs is 1. The van der Waals surface area contributed by atoms with Gasteiger partial charge in [0, 0.05) is 19.1 Å². The van der Waals surface area contributed by atoms with Crippen molar-refractivity contribution in [3.05, 3.63) is 0 Å². The topological polar surface area (TPSA) is 49.6 Å². The van der Waals surface area contributed by atoms with E-state index in [1.165, 1.54) is 0 Å². The first-order valence-corrected chi connectivity index (χ1v) is 5.23. The average Bonchev–Trinajstić information content (AvgIpc) is 2.62. The highest BCUT2D eigenvalue weighted by Crippen LogP contribution is 2.47. The minimum absolute atomic E-state index is 0.106. The van der Waals surface area contributed by atoms with E-state index >= 15 is 0 Å². The molecule has 4 heteroatoms. The lowest BCUT2D eigenvalue weighted by Gasteiger charge is -2.23. The summed E-state index contributed by atoms with van der Waals surface area (Å²) in [6.45, 7) is 3.58. The minimum atomic E-state index is -0.342. The fourth-order valence-electron chi connectivity index (χ4n) is 2.73. The summed E-state index contributed by atoms with van der Waals surface area (Å²) in [4.78, 5) is 15.8. The summed E-state index contributed by atoms with van der Waals surface area (Å²) >= 11 is 0. The minimum Gasteiger partial charge on any atom is -0.341 e. The molecule has 0 aromatic rings. The molecule has 3 atom stereocenters. The summed E-state index contributed by atoms with van der Waals surface area (Å²) in [6.07, 6.45) is 0. The molecule has 2 N–H and O–H groups in total. The number of likely N-dealkylation sites (tertiary alicyclic amines) is 1. The van der Waals surface area contributed by atoms with Crippen molar-refractivity contribution in [3.63, 3.8) is 0 Å². The molecule has 1 saturated heterocycles. The van der Waals surface area contributed by atoms with Crippen LogP contribution >= 0.6 is 0 Å². The summed E-state index contributed by atoms with van der Waals surface area (Å²) in [7, 11) is 4.22. The van der Waals surface area contributed by atoms with Crippen LogP contribution in [0.2, 0.25) is 0 Å². The number of amides is 1. The van der Waals surface area contributed by atoms with E-state index in [1.54, 1.807) is 6.92 Å². The van der Waals surface area contributed by atoms with Crippen molar-refractivity contribution in [2.45, 2.75) is 19.0 Å². The second kappa shape index (κ2) is 3.21. The molecule has 0 aromatic heterocycles. The molecule has 14 heavy (non-hydrogen) atoms. The summed E-state index contributed by atoms with van der Waals surface area (Å²) in [5.74, 6) is 1.51. The van der Waals surface area contributed by atoms with Crippen molar-refractivity contribution in [1.29, 1.82) is 0 Å². The van der Waals surface area contributed by atoms with E-state index in [1.807, 2.05) is 4.90 Å². The molecule has 4 nitrogen and oxygen atoms in total. The van der Waals surface area contributed by atoms with E-state index in [0.717, 1.165) is 13.1 Å². The molecule has 2 fully saturated rings. The molecule has 1 aliphatic heterocycles. The first-order valence-electron chi connectivity index (χ1n) is 5.23. The third-order valence-corrected chi connectivity index (χ3v) is 3.45. The zero-order valence-corrected chi connectivity index (χ0v) is 9.10. The molecule has 3 unspecified atom stereocenters. The van der Waals surface area contributed by atoms with Gasteiger partial charge in [0.1, 0.15) is 0 Å². The van der Waals surface area contributed by atoms with Crippen molar-refractivity contribution in [2.75, 3.05) is 27.2 Å². The van der Waals surface area contributed by atoms with Crippen molar-refractivity contribution >= 4 is 5.91 Å². The Morgan fingerprint density at radius 2 is 1.93 bits per heavy atom. The monoisotopic (exact) mass is 197 g/mol. The maximum absolute atomic E-state index is 11.6. The molecule has 1 amide bonds. The second-order valence-electron chi connectivity index (χ2n) is 4.81. The number of nitrogens with two attached hydrogens (primary N) is 1. The standard InChI is InChI=1S/C10H19N3O/c1-6(11)10(14)13-4-7-8(5-13)9(7)12(2)3/h6-9H,4-5,11H2,1-3H3. The zero-order valence-electron chi connectivity index (χ0n) is 9.10. The smallest absolute Gasteiger partial charge is 0.239 e. The number of hydrogen-bond acceptors (Lipinski definition) is 3. The summed E-state index contributed by atoms with van der Waals surface area (Å²) in [5, 5.41) is 0. The second-order valence-corrected chi connectivity index (χ2v) is 4.81. The Labute approximate surface area is 85.0 Å². The lowest BCUT2D eigenvalue weighted by atomic mass is 10.3. The van der Waals surface area contributed by atoms with Crippen LogP contribution in [0.4, 0.5) is 0 Å². The van der Waals surface area contributed by atoms with Crippen LogP contribution in [0.3, 0.4) is 0 Å². The van der Waals surface area contributed by atoms with Crippen LogP contribution in [0.5, 0.6) is 0 Å². The maximum atomic E-state index is 11.6. The molecule has 2 aliphatic rings. The highest BCUT2D eigenvalue weighted by atomic mass is 16.2. The van der Waals surface area contributed by atoms with Crippen LogP contribution in [0.15, 0.2) is 0 Å². The molecule has 1 saturated carbocycles. The van der Waals surface area contributed by atoms with E-state index in [9.17, 15) is 4.79 Å². The number of nitrogens with zero attached hydrogens (tertiary/aromatic N) is 2. The van der Waals surface area contributed by atoms with Gasteiger partial charge < -0.3 is 15.5 Å². The van der Waals surface area contributed by atoms with Gasteiger partial charge in [0.05, 0.1) is 6.04 Å². The quantitative estimate of drug-likeness (QED) is 0.640. The highest BCUT2D eigenvalue weighted by Gasteiger charge is 2.57. The largest absolute Gasteiger partial charge is 0.341 e. The van der Waals surface area contributed by atoms with E-state index < -0.39 is 0 Å². The van der Waals surface area contributed by atoms with E-state index in [2.05, 4.69) is 19.0 Å². The third-order valence-electron chi connectivity index (χ3n) is 3.45. The predicted octanol–water partition coefficient (Wildman–Crippen LogP) is -0.648. The Hall–Kier alpha value is -0.610. The molecule has 1 heterocycles. The third kappa shape index (κ3) is 1.42. The van der Waals surface area contributed by atoms with Crippen LogP contribution in [0.25, 0.3) is 0 Å². The van der Waals surface area contributed by atoms with Crippen LogP contribution in [0, 0.1) is 11.8 Å². The van der Waals surface area contributed by atoms with Gasteiger partial charge in [-0.15, -0.1) is 0 Å². The molecular formula is C10H19N3O. The van der Waals surface area contributed by atoms with Crippen molar-refractivity contribution in [2.24, 2.45) is 17.6 Å². The number of carbonyl (C=O) groups is 1. The summed E-state index contributed by atoms with van der Waals surface area (Å²) in [5.41, 5.74) is 5.57. The van der Waals surface area contributed by atoms with Crippen LogP contribution in [0.1, 0.15) is 6.92 Å². The number of carbonyl (C=O) groups excluding carboxylic acids is 1. The van der Waals surface area contributed by atoms with Crippen molar-refractivity contribution in [3.8, 4) is 0 Å². The van der Waals surface area contributed by atoms with Gasteiger partial charge >= 0.3 is 0 Å². The van der Waals surface area contributed by atoms with Crippen LogP contribution in [-0.4, -0.2) is 55.0 Å². The Balaban J connectivity index is 1.87. The van der Waals surface area contributed by atoms with E-state index in [0.29, 0.717) is 17.9 Å². The fraction of sp³-hybridized carbons (Fsp3) is 0.900. The number of rotatable bonds is 2. The van der Waals surface area contributed by atoms with Gasteiger partial charge in [-0.2, -0.15) is 0 Å². The molecule has 0 spiro atoms. The van der Waals surface area contributed by atoms with E-state index in [-0.39, 0.29) is 11.9 Å². The van der Waals surface area contributed by atoms with Gasteiger partial charge in [0.25, 0.3) is 0 Å². The SMILES string of the molecule is CC(N)C(=O)N1CC2C(C1)C2N(C)C. The van der Waals surface area contributed by atoms with Gasteiger partial charge in [-0.05, 0) is 32.9 Å². The van der Waals surface area contributed by atoms with Gasteiger partial charge in [0.2, 0.25) is 5.91 Å². The molecule has 0 radical (unpaired) electrons. The van der Waals surface area contributed by atoms with Crippen LogP contribution in [-0.2, 0) is 4.79 Å². The number of piperidine rings is 1. The molecule has 0 bridgehead atoms. The summed E-state index contributed by atoms with van der Waals surface area (Å²) in [6, 6.07) is 0.359. The maximum Gasteiger partial charge on any atom is 0.239 e. The van der Waals surface area contributed by atoms with Crippen molar-refractivity contribution < 1.29 is 4.79 Å². The van der Waals surface area contributed by atoms with Gasteiger partial charge in [-0.25, -0.2) is 0 Å². The highest BCUT2D eigenvalue weighted by molar-refractivity contribution is 5.81. The first kappa shape index (κ1) is 9.93. The normalized spacial score (nSPS) is 37.2. The fourth-order valence-corrected chi connectivity index (χ4v) is 2.73. The molecule has 80 valence electrons.